The highest BCUT2D eigenvalue weighted by Crippen LogP contribution is 2.19. The first-order chi connectivity index (χ1) is 9.54. The Hall–Kier alpha value is -2.70. The maximum Gasteiger partial charge on any atom is 0.303 e. The van der Waals surface area contributed by atoms with Crippen LogP contribution in [0.3, 0.4) is 0 Å². The normalized spacial score (nSPS) is 10.2. The molecule has 1 aromatic carbocycles. The molecular weight excluding hydrogens is 260 g/mol. The molecule has 0 unspecified atom stereocenters. The predicted octanol–water partition coefficient (Wildman–Crippen LogP) is 1.58. The van der Waals surface area contributed by atoms with E-state index in [1.54, 1.807) is 25.1 Å². The van der Waals surface area contributed by atoms with Gasteiger partial charge in [-0.3, -0.25) is 14.7 Å². The van der Waals surface area contributed by atoms with Crippen LogP contribution < -0.4 is 5.32 Å². The number of anilines is 1. The minimum atomic E-state index is -0.995. The Morgan fingerprint density at radius 2 is 2.15 bits per heavy atom. The third-order valence-corrected chi connectivity index (χ3v) is 2.57. The van der Waals surface area contributed by atoms with E-state index in [-0.39, 0.29) is 18.7 Å². The maximum absolute atomic E-state index is 11.6. The first-order valence-corrected chi connectivity index (χ1v) is 6.05. The number of nitrogens with one attached hydrogen (secondary N) is 2. The number of carboxylic acid groups (broad SMARTS) is 1. The molecule has 2 aromatic rings. The lowest BCUT2D eigenvalue weighted by Crippen LogP contribution is -2.13. The van der Waals surface area contributed by atoms with Crippen LogP contribution in [-0.2, 0) is 9.59 Å². The van der Waals surface area contributed by atoms with Crippen molar-refractivity contribution in [3.05, 3.63) is 30.1 Å². The average Bonchev–Trinajstić information content (AvgIpc) is 2.83. The zero-order chi connectivity index (χ0) is 14.5. The van der Waals surface area contributed by atoms with E-state index >= 15 is 0 Å². The number of aliphatic carboxylic acids is 1. The SMILES string of the molecule is Cc1nc(-c2cccc(NC(=O)CCC(=O)O)c2)n[nH]1. The van der Waals surface area contributed by atoms with Gasteiger partial charge < -0.3 is 10.4 Å². The van der Waals surface area contributed by atoms with E-state index in [9.17, 15) is 9.59 Å². The monoisotopic (exact) mass is 274 g/mol. The number of amides is 1. The molecule has 1 amide bonds. The fourth-order valence-electron chi connectivity index (χ4n) is 1.65. The summed E-state index contributed by atoms with van der Waals surface area (Å²) in [6.45, 7) is 1.80. The molecule has 0 spiro atoms. The van der Waals surface area contributed by atoms with Crippen molar-refractivity contribution < 1.29 is 14.7 Å². The Morgan fingerprint density at radius 3 is 2.80 bits per heavy atom. The molecule has 1 aromatic heterocycles. The van der Waals surface area contributed by atoms with Gasteiger partial charge in [0.2, 0.25) is 5.91 Å². The van der Waals surface area contributed by atoms with E-state index in [2.05, 4.69) is 20.5 Å². The van der Waals surface area contributed by atoms with Gasteiger partial charge in [-0.15, -0.1) is 0 Å². The fraction of sp³-hybridized carbons (Fsp3) is 0.231. The highest BCUT2D eigenvalue weighted by atomic mass is 16.4. The molecule has 0 aliphatic rings. The van der Waals surface area contributed by atoms with Gasteiger partial charge in [-0.25, -0.2) is 4.98 Å². The minimum absolute atomic E-state index is 0.0562. The molecule has 20 heavy (non-hydrogen) atoms. The molecule has 3 N–H and O–H groups in total. The number of nitrogens with zero attached hydrogens (tertiary/aromatic N) is 2. The fourth-order valence-corrected chi connectivity index (χ4v) is 1.65. The molecule has 7 heteroatoms. The Morgan fingerprint density at radius 1 is 1.35 bits per heavy atom. The number of hydrogen-bond acceptors (Lipinski definition) is 4. The first kappa shape index (κ1) is 13.7. The summed E-state index contributed by atoms with van der Waals surface area (Å²) in [6, 6.07) is 7.06. The Bertz CT molecular complexity index is 636. The smallest absolute Gasteiger partial charge is 0.303 e. The van der Waals surface area contributed by atoms with Crippen molar-refractivity contribution in [3.8, 4) is 11.4 Å². The van der Waals surface area contributed by atoms with E-state index < -0.39 is 5.97 Å². The molecule has 0 aliphatic heterocycles. The molecular formula is C13H14N4O3. The number of carboxylic acids is 1. The highest BCUT2D eigenvalue weighted by Gasteiger charge is 2.08. The van der Waals surface area contributed by atoms with E-state index in [4.69, 9.17) is 5.11 Å². The van der Waals surface area contributed by atoms with Crippen molar-refractivity contribution in [2.45, 2.75) is 19.8 Å². The molecule has 0 saturated carbocycles. The molecule has 0 bridgehead atoms. The van der Waals surface area contributed by atoms with Crippen LogP contribution in [-0.4, -0.2) is 32.2 Å². The zero-order valence-corrected chi connectivity index (χ0v) is 10.9. The second kappa shape index (κ2) is 5.96. The summed E-state index contributed by atoms with van der Waals surface area (Å²) in [4.78, 5) is 26.2. The molecule has 0 fully saturated rings. The number of aryl methyl sites for hydroxylation is 1. The van der Waals surface area contributed by atoms with Crippen LogP contribution in [0, 0.1) is 6.92 Å². The van der Waals surface area contributed by atoms with Crippen molar-refractivity contribution in [2.24, 2.45) is 0 Å². The summed E-state index contributed by atoms with van der Waals surface area (Å²) in [5.41, 5.74) is 1.35. The van der Waals surface area contributed by atoms with E-state index in [1.807, 2.05) is 6.07 Å². The molecule has 2 rings (SSSR count). The minimum Gasteiger partial charge on any atom is -0.481 e. The van der Waals surface area contributed by atoms with Crippen molar-refractivity contribution in [3.63, 3.8) is 0 Å². The molecule has 0 atom stereocenters. The number of H-pyrrole nitrogens is 1. The second-order valence-corrected chi connectivity index (χ2v) is 4.27. The second-order valence-electron chi connectivity index (χ2n) is 4.27. The van der Waals surface area contributed by atoms with Crippen molar-refractivity contribution in [2.75, 3.05) is 5.32 Å². The highest BCUT2D eigenvalue weighted by molar-refractivity contribution is 5.92. The summed E-state index contributed by atoms with van der Waals surface area (Å²) in [6.07, 6.45) is -0.245. The summed E-state index contributed by atoms with van der Waals surface area (Å²) in [7, 11) is 0. The molecule has 104 valence electrons. The van der Waals surface area contributed by atoms with E-state index in [0.717, 1.165) is 5.56 Å². The number of aromatic amines is 1. The number of aromatic nitrogens is 3. The summed E-state index contributed by atoms with van der Waals surface area (Å²) in [5.74, 6) is -0.0825. The largest absolute Gasteiger partial charge is 0.481 e. The van der Waals surface area contributed by atoms with Crippen LogP contribution >= 0.6 is 0 Å². The lowest BCUT2D eigenvalue weighted by Gasteiger charge is -2.05. The summed E-state index contributed by atoms with van der Waals surface area (Å²) < 4.78 is 0. The van der Waals surface area contributed by atoms with Gasteiger partial charge in [-0.1, -0.05) is 12.1 Å². The number of carbonyl (C=O) groups is 2. The van der Waals surface area contributed by atoms with E-state index in [1.165, 1.54) is 0 Å². The van der Waals surface area contributed by atoms with Gasteiger partial charge in [0.1, 0.15) is 5.82 Å². The third-order valence-electron chi connectivity index (χ3n) is 2.57. The molecule has 7 nitrogen and oxygen atoms in total. The Balaban J connectivity index is 2.06. The van der Waals surface area contributed by atoms with Crippen LogP contribution in [0.4, 0.5) is 5.69 Å². The first-order valence-electron chi connectivity index (χ1n) is 6.05. The summed E-state index contributed by atoms with van der Waals surface area (Å²) in [5, 5.41) is 18.0. The van der Waals surface area contributed by atoms with Crippen molar-refractivity contribution in [1.82, 2.24) is 15.2 Å². The quantitative estimate of drug-likeness (QED) is 0.767. The number of carbonyl (C=O) groups excluding carboxylic acids is 1. The van der Waals surface area contributed by atoms with Gasteiger partial charge >= 0.3 is 5.97 Å². The Kier molecular flexibility index (Phi) is 4.09. The number of rotatable bonds is 5. The van der Waals surface area contributed by atoms with Crippen LogP contribution in [0.2, 0.25) is 0 Å². The standard InChI is InChI=1S/C13H14N4O3/c1-8-14-13(17-16-8)9-3-2-4-10(7-9)15-11(18)5-6-12(19)20/h2-4,7H,5-6H2,1H3,(H,15,18)(H,19,20)(H,14,16,17). The lowest BCUT2D eigenvalue weighted by molar-refractivity contribution is -0.138. The molecule has 0 saturated heterocycles. The van der Waals surface area contributed by atoms with Gasteiger partial charge in [0.25, 0.3) is 0 Å². The maximum atomic E-state index is 11.6. The Labute approximate surface area is 115 Å². The van der Waals surface area contributed by atoms with Gasteiger partial charge in [-0.05, 0) is 19.1 Å². The molecule has 1 heterocycles. The topological polar surface area (TPSA) is 108 Å². The van der Waals surface area contributed by atoms with Crippen LogP contribution in [0.25, 0.3) is 11.4 Å². The number of hydrogen-bond donors (Lipinski definition) is 3. The van der Waals surface area contributed by atoms with Gasteiger partial charge in [0.05, 0.1) is 6.42 Å². The van der Waals surface area contributed by atoms with Crippen LogP contribution in [0.5, 0.6) is 0 Å². The van der Waals surface area contributed by atoms with Gasteiger partial charge in [0, 0.05) is 17.7 Å². The molecule has 0 aliphatic carbocycles. The van der Waals surface area contributed by atoms with Crippen LogP contribution in [0.1, 0.15) is 18.7 Å². The average molecular weight is 274 g/mol. The third kappa shape index (κ3) is 3.64. The van der Waals surface area contributed by atoms with E-state index in [0.29, 0.717) is 17.3 Å². The number of benzene rings is 1. The van der Waals surface area contributed by atoms with Gasteiger partial charge in [0.15, 0.2) is 5.82 Å². The van der Waals surface area contributed by atoms with Gasteiger partial charge in [-0.2, -0.15) is 5.10 Å². The predicted molar refractivity (Wildman–Crippen MR) is 72.1 cm³/mol. The lowest BCUT2D eigenvalue weighted by atomic mass is 10.2. The van der Waals surface area contributed by atoms with Crippen molar-refractivity contribution >= 4 is 17.6 Å². The van der Waals surface area contributed by atoms with Crippen LogP contribution in [0.15, 0.2) is 24.3 Å². The van der Waals surface area contributed by atoms with Crippen molar-refractivity contribution in [1.29, 1.82) is 0 Å². The zero-order valence-electron chi connectivity index (χ0n) is 10.9. The molecule has 0 radical (unpaired) electrons. The summed E-state index contributed by atoms with van der Waals surface area (Å²) >= 11 is 0.